The molecule has 0 aliphatic heterocycles. The molecule has 0 saturated heterocycles. The van der Waals surface area contributed by atoms with Gasteiger partial charge in [-0.2, -0.15) is 0 Å². The second kappa shape index (κ2) is 5.18. The fraction of sp³-hybridized carbons (Fsp3) is 0.231. The van der Waals surface area contributed by atoms with Crippen LogP contribution >= 0.6 is 11.3 Å². The molecule has 18 heavy (non-hydrogen) atoms. The minimum absolute atomic E-state index is 0.127. The fourth-order valence-electron chi connectivity index (χ4n) is 1.69. The molecule has 3 N–H and O–H groups in total. The summed E-state index contributed by atoms with van der Waals surface area (Å²) in [6, 6.07) is 5.33. The summed E-state index contributed by atoms with van der Waals surface area (Å²) < 4.78 is 0. The van der Waals surface area contributed by atoms with Crippen LogP contribution < -0.4 is 11.1 Å². The largest absolute Gasteiger partial charge is 0.399 e. The first-order chi connectivity index (χ1) is 8.54. The molecule has 4 nitrogen and oxygen atoms in total. The zero-order chi connectivity index (χ0) is 13.1. The number of rotatable bonds is 3. The number of anilines is 1. The van der Waals surface area contributed by atoms with Crippen LogP contribution in [0.25, 0.3) is 0 Å². The average Bonchev–Trinajstić information content (AvgIpc) is 2.70. The van der Waals surface area contributed by atoms with Gasteiger partial charge in [0.25, 0.3) is 5.91 Å². The number of thiazole rings is 1. The molecule has 0 fully saturated rings. The van der Waals surface area contributed by atoms with E-state index in [0.29, 0.717) is 17.8 Å². The van der Waals surface area contributed by atoms with Crippen LogP contribution in [0.3, 0.4) is 0 Å². The number of nitrogen functional groups attached to an aromatic ring is 1. The Kier molecular flexibility index (Phi) is 3.62. The van der Waals surface area contributed by atoms with Gasteiger partial charge in [-0.05, 0) is 37.6 Å². The first-order valence-electron chi connectivity index (χ1n) is 5.61. The molecule has 1 amide bonds. The van der Waals surface area contributed by atoms with Gasteiger partial charge >= 0.3 is 0 Å². The Balaban J connectivity index is 2.03. The third kappa shape index (κ3) is 3.07. The number of carbonyl (C=O) groups excluding carboxylic acids is 1. The molecule has 2 aromatic rings. The number of nitrogens with zero attached hydrogens (tertiary/aromatic N) is 1. The van der Waals surface area contributed by atoms with Crippen molar-refractivity contribution in [1.82, 2.24) is 10.3 Å². The van der Waals surface area contributed by atoms with Crippen molar-refractivity contribution >= 4 is 22.9 Å². The van der Waals surface area contributed by atoms with Crippen molar-refractivity contribution in [1.29, 1.82) is 0 Å². The van der Waals surface area contributed by atoms with Gasteiger partial charge in [-0.1, -0.05) is 0 Å². The maximum Gasteiger partial charge on any atom is 0.251 e. The van der Waals surface area contributed by atoms with E-state index in [-0.39, 0.29) is 5.91 Å². The van der Waals surface area contributed by atoms with E-state index < -0.39 is 0 Å². The summed E-state index contributed by atoms with van der Waals surface area (Å²) in [6.45, 7) is 4.30. The van der Waals surface area contributed by atoms with Crippen molar-refractivity contribution in [3.63, 3.8) is 0 Å². The molecule has 0 atom stereocenters. The first-order valence-corrected chi connectivity index (χ1v) is 6.49. The van der Waals surface area contributed by atoms with Gasteiger partial charge in [0.1, 0.15) is 5.01 Å². The van der Waals surface area contributed by atoms with Crippen molar-refractivity contribution in [3.8, 4) is 0 Å². The Morgan fingerprint density at radius 3 is 2.78 bits per heavy atom. The molecular weight excluding hydrogens is 246 g/mol. The smallest absolute Gasteiger partial charge is 0.251 e. The SMILES string of the molecule is Cc1cc(N)cc(C(=O)NCc2nc(C)cs2)c1. The lowest BCUT2D eigenvalue weighted by Crippen LogP contribution is -2.22. The van der Waals surface area contributed by atoms with Gasteiger partial charge in [-0.25, -0.2) is 4.98 Å². The molecule has 1 aromatic heterocycles. The van der Waals surface area contributed by atoms with Crippen molar-refractivity contribution in [2.75, 3.05) is 5.73 Å². The Morgan fingerprint density at radius 2 is 2.17 bits per heavy atom. The summed E-state index contributed by atoms with van der Waals surface area (Å²) in [6.07, 6.45) is 0. The molecule has 0 unspecified atom stereocenters. The highest BCUT2D eigenvalue weighted by Gasteiger charge is 2.07. The number of carbonyl (C=O) groups is 1. The highest BCUT2D eigenvalue weighted by molar-refractivity contribution is 7.09. The summed E-state index contributed by atoms with van der Waals surface area (Å²) in [5.74, 6) is -0.127. The van der Waals surface area contributed by atoms with Gasteiger partial charge in [0.15, 0.2) is 0 Å². The number of amides is 1. The molecule has 0 spiro atoms. The molecule has 2 rings (SSSR count). The highest BCUT2D eigenvalue weighted by atomic mass is 32.1. The number of nitrogens with one attached hydrogen (secondary N) is 1. The average molecular weight is 261 g/mol. The first kappa shape index (κ1) is 12.6. The van der Waals surface area contributed by atoms with Crippen LogP contribution in [0.4, 0.5) is 5.69 Å². The van der Waals surface area contributed by atoms with Crippen LogP contribution in [-0.2, 0) is 6.54 Å². The van der Waals surface area contributed by atoms with Gasteiger partial charge in [0.2, 0.25) is 0 Å². The van der Waals surface area contributed by atoms with E-state index in [1.807, 2.05) is 31.4 Å². The third-order valence-electron chi connectivity index (χ3n) is 2.43. The maximum atomic E-state index is 11.9. The molecule has 0 aliphatic rings. The lowest BCUT2D eigenvalue weighted by atomic mass is 10.1. The predicted molar refractivity (Wildman–Crippen MR) is 73.6 cm³/mol. The van der Waals surface area contributed by atoms with Crippen LogP contribution in [0.15, 0.2) is 23.6 Å². The number of aryl methyl sites for hydroxylation is 2. The van der Waals surface area contributed by atoms with Crippen molar-refractivity contribution in [3.05, 3.63) is 45.4 Å². The van der Waals surface area contributed by atoms with Crippen molar-refractivity contribution in [2.24, 2.45) is 0 Å². The third-order valence-corrected chi connectivity index (χ3v) is 3.40. The van der Waals surface area contributed by atoms with Crippen LogP contribution in [-0.4, -0.2) is 10.9 Å². The van der Waals surface area contributed by atoms with E-state index in [2.05, 4.69) is 10.3 Å². The van der Waals surface area contributed by atoms with Crippen molar-refractivity contribution < 1.29 is 4.79 Å². The minimum atomic E-state index is -0.127. The van der Waals surface area contributed by atoms with E-state index >= 15 is 0 Å². The molecule has 1 heterocycles. The Labute approximate surface area is 110 Å². The summed E-state index contributed by atoms with van der Waals surface area (Å²) in [5.41, 5.74) is 8.86. The van der Waals surface area contributed by atoms with Crippen LogP contribution in [0.2, 0.25) is 0 Å². The Bertz CT molecular complexity index is 557. The van der Waals surface area contributed by atoms with Gasteiger partial charge in [-0.3, -0.25) is 4.79 Å². The minimum Gasteiger partial charge on any atom is -0.399 e. The number of aromatic nitrogens is 1. The number of benzene rings is 1. The molecule has 0 saturated carbocycles. The molecule has 94 valence electrons. The normalized spacial score (nSPS) is 10.3. The van der Waals surface area contributed by atoms with Crippen molar-refractivity contribution in [2.45, 2.75) is 20.4 Å². The molecule has 1 aromatic carbocycles. The summed E-state index contributed by atoms with van der Waals surface area (Å²) in [4.78, 5) is 16.2. The Hall–Kier alpha value is -1.88. The van der Waals surface area contributed by atoms with E-state index in [0.717, 1.165) is 16.3 Å². The van der Waals surface area contributed by atoms with Crippen LogP contribution in [0.1, 0.15) is 26.6 Å². The number of nitrogens with two attached hydrogens (primary N) is 1. The summed E-state index contributed by atoms with van der Waals surface area (Å²) in [7, 11) is 0. The second-order valence-electron chi connectivity index (χ2n) is 4.20. The fourth-order valence-corrected chi connectivity index (χ4v) is 2.40. The molecular formula is C13H15N3OS. The quantitative estimate of drug-likeness (QED) is 0.833. The Morgan fingerprint density at radius 1 is 1.39 bits per heavy atom. The van der Waals surface area contributed by atoms with Gasteiger partial charge < -0.3 is 11.1 Å². The van der Waals surface area contributed by atoms with Crippen LogP contribution in [0.5, 0.6) is 0 Å². The second-order valence-corrected chi connectivity index (χ2v) is 5.14. The van der Waals surface area contributed by atoms with E-state index in [1.165, 1.54) is 0 Å². The topological polar surface area (TPSA) is 68.0 Å². The van der Waals surface area contributed by atoms with Crippen LogP contribution in [0, 0.1) is 13.8 Å². The predicted octanol–water partition coefficient (Wildman–Crippen LogP) is 2.27. The van der Waals surface area contributed by atoms with Gasteiger partial charge in [-0.15, -0.1) is 11.3 Å². The summed E-state index contributed by atoms with van der Waals surface area (Å²) in [5, 5.41) is 5.71. The highest BCUT2D eigenvalue weighted by Crippen LogP contribution is 2.12. The molecule has 0 radical (unpaired) electrons. The van der Waals surface area contributed by atoms with Gasteiger partial charge in [0.05, 0.1) is 6.54 Å². The van der Waals surface area contributed by atoms with Gasteiger partial charge in [0, 0.05) is 22.3 Å². The number of hydrogen-bond acceptors (Lipinski definition) is 4. The molecule has 5 heteroatoms. The zero-order valence-corrected chi connectivity index (χ0v) is 11.2. The maximum absolute atomic E-state index is 11.9. The van der Waals surface area contributed by atoms with E-state index in [4.69, 9.17) is 5.73 Å². The number of hydrogen-bond donors (Lipinski definition) is 2. The lowest BCUT2D eigenvalue weighted by molar-refractivity contribution is 0.0951. The van der Waals surface area contributed by atoms with E-state index in [1.54, 1.807) is 17.4 Å². The van der Waals surface area contributed by atoms with E-state index in [9.17, 15) is 4.79 Å². The zero-order valence-electron chi connectivity index (χ0n) is 10.4. The molecule has 0 aliphatic carbocycles. The monoisotopic (exact) mass is 261 g/mol. The lowest BCUT2D eigenvalue weighted by Gasteiger charge is -2.05. The molecule has 0 bridgehead atoms. The standard InChI is InChI=1S/C13H15N3OS/c1-8-3-10(5-11(14)4-8)13(17)15-6-12-16-9(2)7-18-12/h3-5,7H,6,14H2,1-2H3,(H,15,17). The summed E-state index contributed by atoms with van der Waals surface area (Å²) >= 11 is 1.54.